The van der Waals surface area contributed by atoms with Crippen molar-refractivity contribution in [1.29, 1.82) is 5.26 Å². The van der Waals surface area contributed by atoms with Crippen molar-refractivity contribution >= 4 is 11.0 Å². The SMILES string of the molecule is N#Cc1cc(-c2cncnc2)c2ncn(C/C(F)=C/CN)c2c1. The van der Waals surface area contributed by atoms with Gasteiger partial charge in [-0.05, 0) is 18.2 Å². The Morgan fingerprint density at radius 1 is 1.35 bits per heavy atom. The van der Waals surface area contributed by atoms with Crippen molar-refractivity contribution in [3.05, 3.63) is 54.6 Å². The van der Waals surface area contributed by atoms with Gasteiger partial charge in [0, 0.05) is 30.1 Å². The number of allylic oxidation sites excluding steroid dienone is 1. The van der Waals surface area contributed by atoms with Crippen LogP contribution in [0.5, 0.6) is 0 Å². The molecule has 0 spiro atoms. The fourth-order valence-electron chi connectivity index (χ4n) is 2.37. The highest BCUT2D eigenvalue weighted by Crippen LogP contribution is 2.28. The molecule has 0 bridgehead atoms. The maximum absolute atomic E-state index is 13.7. The van der Waals surface area contributed by atoms with E-state index in [1.165, 1.54) is 12.4 Å². The van der Waals surface area contributed by atoms with E-state index in [1.807, 2.05) is 0 Å². The molecule has 0 saturated carbocycles. The van der Waals surface area contributed by atoms with Gasteiger partial charge in [-0.25, -0.2) is 19.3 Å². The molecule has 0 unspecified atom stereocenters. The normalized spacial score (nSPS) is 11.6. The summed E-state index contributed by atoms with van der Waals surface area (Å²) in [5.74, 6) is -0.348. The molecule has 2 N–H and O–H groups in total. The molecule has 3 aromatic rings. The first-order valence-corrected chi connectivity index (χ1v) is 6.92. The van der Waals surface area contributed by atoms with Gasteiger partial charge in [0.25, 0.3) is 0 Å². The molecule has 2 heterocycles. The first-order chi connectivity index (χ1) is 11.2. The number of aromatic nitrogens is 4. The van der Waals surface area contributed by atoms with Gasteiger partial charge in [-0.1, -0.05) is 0 Å². The van der Waals surface area contributed by atoms with Crippen LogP contribution in [-0.4, -0.2) is 26.1 Å². The molecule has 23 heavy (non-hydrogen) atoms. The first-order valence-electron chi connectivity index (χ1n) is 6.92. The molecule has 0 aliphatic rings. The highest BCUT2D eigenvalue weighted by atomic mass is 19.1. The summed E-state index contributed by atoms with van der Waals surface area (Å²) in [6.45, 7) is 0.155. The predicted molar refractivity (Wildman–Crippen MR) is 83.7 cm³/mol. The number of nitrogens with zero attached hydrogens (tertiary/aromatic N) is 5. The minimum atomic E-state index is -0.348. The lowest BCUT2D eigenvalue weighted by atomic mass is 10.0. The number of hydrogen-bond acceptors (Lipinski definition) is 5. The van der Waals surface area contributed by atoms with Crippen LogP contribution < -0.4 is 5.73 Å². The van der Waals surface area contributed by atoms with Crippen LogP contribution in [0, 0.1) is 11.3 Å². The largest absolute Gasteiger partial charge is 0.327 e. The van der Waals surface area contributed by atoms with E-state index < -0.39 is 0 Å². The van der Waals surface area contributed by atoms with Crippen molar-refractivity contribution in [1.82, 2.24) is 19.5 Å². The molecule has 0 aliphatic carbocycles. The van der Waals surface area contributed by atoms with Crippen molar-refractivity contribution < 1.29 is 4.39 Å². The van der Waals surface area contributed by atoms with E-state index in [4.69, 9.17) is 5.73 Å². The van der Waals surface area contributed by atoms with Gasteiger partial charge < -0.3 is 10.3 Å². The topological polar surface area (TPSA) is 93.4 Å². The molecule has 3 rings (SSSR count). The Labute approximate surface area is 131 Å². The predicted octanol–water partition coefficient (Wildman–Crippen LogP) is 2.18. The van der Waals surface area contributed by atoms with E-state index in [1.54, 1.807) is 35.4 Å². The minimum absolute atomic E-state index is 0.0211. The Kier molecular flexibility index (Phi) is 4.08. The Balaban J connectivity index is 2.18. The highest BCUT2D eigenvalue weighted by molar-refractivity contribution is 5.93. The zero-order valence-electron chi connectivity index (χ0n) is 12.1. The summed E-state index contributed by atoms with van der Waals surface area (Å²) in [4.78, 5) is 12.3. The van der Waals surface area contributed by atoms with E-state index in [0.717, 1.165) is 11.1 Å². The molecule has 6 nitrogen and oxygen atoms in total. The molecule has 7 heteroatoms. The summed E-state index contributed by atoms with van der Waals surface area (Å²) in [6.07, 6.45) is 7.59. The van der Waals surface area contributed by atoms with Gasteiger partial charge in [0.2, 0.25) is 0 Å². The molecular formula is C16H13FN6. The van der Waals surface area contributed by atoms with Crippen molar-refractivity contribution in [3.63, 3.8) is 0 Å². The third kappa shape index (κ3) is 2.93. The fraction of sp³-hybridized carbons (Fsp3) is 0.125. The Morgan fingerprint density at radius 2 is 2.13 bits per heavy atom. The van der Waals surface area contributed by atoms with Gasteiger partial charge in [0.15, 0.2) is 0 Å². The van der Waals surface area contributed by atoms with Crippen molar-refractivity contribution in [3.8, 4) is 17.2 Å². The van der Waals surface area contributed by atoms with E-state index in [0.29, 0.717) is 16.6 Å². The van der Waals surface area contributed by atoms with Crippen molar-refractivity contribution in [2.45, 2.75) is 6.54 Å². The van der Waals surface area contributed by atoms with Gasteiger partial charge in [0.1, 0.15) is 12.2 Å². The van der Waals surface area contributed by atoms with Crippen molar-refractivity contribution in [2.24, 2.45) is 5.73 Å². The molecule has 0 amide bonds. The van der Waals surface area contributed by atoms with Crippen LogP contribution in [0.3, 0.4) is 0 Å². The minimum Gasteiger partial charge on any atom is -0.327 e. The summed E-state index contributed by atoms with van der Waals surface area (Å²) < 4.78 is 15.4. The number of nitrogens with two attached hydrogens (primary N) is 1. The number of halogens is 1. The lowest BCUT2D eigenvalue weighted by Gasteiger charge is -2.06. The van der Waals surface area contributed by atoms with Crippen LogP contribution in [0.15, 0.2) is 49.1 Å². The lowest BCUT2D eigenvalue weighted by molar-refractivity contribution is 0.558. The van der Waals surface area contributed by atoms with E-state index in [9.17, 15) is 9.65 Å². The molecule has 2 aromatic heterocycles. The van der Waals surface area contributed by atoms with Gasteiger partial charge >= 0.3 is 0 Å². The number of nitriles is 1. The number of fused-ring (bicyclic) bond motifs is 1. The molecule has 1 aromatic carbocycles. The summed E-state index contributed by atoms with van der Waals surface area (Å²) in [6, 6.07) is 5.53. The lowest BCUT2D eigenvalue weighted by Crippen LogP contribution is -2.00. The summed E-state index contributed by atoms with van der Waals surface area (Å²) in [5.41, 5.74) is 8.60. The second-order valence-electron chi connectivity index (χ2n) is 4.89. The number of hydrogen-bond donors (Lipinski definition) is 1. The maximum atomic E-state index is 13.7. The monoisotopic (exact) mass is 308 g/mol. The van der Waals surface area contributed by atoms with Gasteiger partial charge in [-0.2, -0.15) is 5.26 Å². The standard InChI is InChI=1S/C16H13FN6/c17-13(1-2-18)8-23-10-22-16-14(12-6-20-9-21-7-12)3-11(5-19)4-15(16)23/h1,3-4,6-7,9-10H,2,8,18H2/b13-1-. The summed E-state index contributed by atoms with van der Waals surface area (Å²) in [5, 5.41) is 9.25. The third-order valence-corrected chi connectivity index (χ3v) is 3.39. The van der Waals surface area contributed by atoms with Crippen molar-refractivity contribution in [2.75, 3.05) is 6.54 Å². The first kappa shape index (κ1) is 14.8. The quantitative estimate of drug-likeness (QED) is 0.797. The van der Waals surface area contributed by atoms with Gasteiger partial charge in [-0.15, -0.1) is 0 Å². The highest BCUT2D eigenvalue weighted by Gasteiger charge is 2.13. The van der Waals surface area contributed by atoms with Crippen LogP contribution in [0.1, 0.15) is 5.56 Å². The number of rotatable bonds is 4. The molecule has 0 fully saturated rings. The second kappa shape index (κ2) is 6.34. The van der Waals surface area contributed by atoms with Crippen LogP contribution in [0.25, 0.3) is 22.2 Å². The molecule has 0 aliphatic heterocycles. The zero-order valence-corrected chi connectivity index (χ0v) is 12.1. The Bertz CT molecular complexity index is 907. The van der Waals surface area contributed by atoms with E-state index >= 15 is 0 Å². The Morgan fingerprint density at radius 3 is 2.83 bits per heavy atom. The molecule has 0 radical (unpaired) electrons. The van der Waals surface area contributed by atoms with Crippen LogP contribution in [0.4, 0.5) is 4.39 Å². The van der Waals surface area contributed by atoms with Gasteiger partial charge in [0.05, 0.1) is 35.5 Å². The summed E-state index contributed by atoms with van der Waals surface area (Å²) in [7, 11) is 0. The Hall–Kier alpha value is -3.11. The average Bonchev–Trinajstić information content (AvgIpc) is 2.98. The number of benzene rings is 1. The van der Waals surface area contributed by atoms with Gasteiger partial charge in [-0.3, -0.25) is 0 Å². The third-order valence-electron chi connectivity index (χ3n) is 3.39. The second-order valence-corrected chi connectivity index (χ2v) is 4.89. The van der Waals surface area contributed by atoms with E-state index in [-0.39, 0.29) is 18.9 Å². The van der Waals surface area contributed by atoms with Crippen LogP contribution in [-0.2, 0) is 6.54 Å². The van der Waals surface area contributed by atoms with Crippen LogP contribution in [0.2, 0.25) is 0 Å². The molecular weight excluding hydrogens is 295 g/mol. The average molecular weight is 308 g/mol. The summed E-state index contributed by atoms with van der Waals surface area (Å²) >= 11 is 0. The fourth-order valence-corrected chi connectivity index (χ4v) is 2.37. The molecule has 0 atom stereocenters. The smallest absolute Gasteiger partial charge is 0.117 e. The van der Waals surface area contributed by atoms with Crippen LogP contribution >= 0.6 is 0 Å². The molecule has 114 valence electrons. The zero-order chi connectivity index (χ0) is 16.2. The maximum Gasteiger partial charge on any atom is 0.117 e. The number of imidazole rings is 1. The molecule has 0 saturated heterocycles. The van der Waals surface area contributed by atoms with E-state index in [2.05, 4.69) is 21.0 Å².